The number of carbonyl (C=O) groups excluding carboxylic acids is 1. The standard InChI is InChI=1S/C19H29N3O2/c1-15-16(2)18(24-3)10-9-17(15)13-20-21-19(23)14-22-11-7-5-4-6-8-12-22/h9-10,13H,4-8,11-12,14H2,1-3H3,(H,21,23)/b20-13-. The van der Waals surface area contributed by atoms with E-state index in [-0.39, 0.29) is 5.91 Å². The Morgan fingerprint density at radius 3 is 2.50 bits per heavy atom. The second-order valence-corrected chi connectivity index (χ2v) is 6.44. The van der Waals surface area contributed by atoms with Gasteiger partial charge in [0.1, 0.15) is 5.75 Å². The second kappa shape index (κ2) is 9.42. The molecule has 1 N–H and O–H groups in total. The molecule has 1 aliphatic heterocycles. The number of nitrogens with zero attached hydrogens (tertiary/aromatic N) is 2. The van der Waals surface area contributed by atoms with Crippen molar-refractivity contribution in [1.82, 2.24) is 10.3 Å². The van der Waals surface area contributed by atoms with Gasteiger partial charge in [-0.3, -0.25) is 9.69 Å². The fourth-order valence-electron chi connectivity index (χ4n) is 3.06. The molecule has 5 heteroatoms. The molecule has 1 saturated heterocycles. The Morgan fingerprint density at radius 2 is 1.83 bits per heavy atom. The van der Waals surface area contributed by atoms with Crippen LogP contribution in [0.25, 0.3) is 0 Å². The van der Waals surface area contributed by atoms with Gasteiger partial charge >= 0.3 is 0 Å². The van der Waals surface area contributed by atoms with E-state index in [2.05, 4.69) is 15.4 Å². The van der Waals surface area contributed by atoms with Gasteiger partial charge in [0.2, 0.25) is 0 Å². The van der Waals surface area contributed by atoms with E-state index < -0.39 is 0 Å². The van der Waals surface area contributed by atoms with E-state index in [4.69, 9.17) is 4.74 Å². The van der Waals surface area contributed by atoms with Crippen LogP contribution in [0.2, 0.25) is 0 Å². The molecule has 132 valence electrons. The van der Waals surface area contributed by atoms with Crippen LogP contribution in [0.4, 0.5) is 0 Å². The summed E-state index contributed by atoms with van der Waals surface area (Å²) in [7, 11) is 1.67. The highest BCUT2D eigenvalue weighted by Gasteiger charge is 2.11. The van der Waals surface area contributed by atoms with E-state index in [9.17, 15) is 4.79 Å². The molecule has 0 aromatic heterocycles. The van der Waals surface area contributed by atoms with Gasteiger partial charge in [0.15, 0.2) is 0 Å². The first-order valence-electron chi connectivity index (χ1n) is 8.80. The molecule has 0 bridgehead atoms. The number of carbonyl (C=O) groups is 1. The lowest BCUT2D eigenvalue weighted by Gasteiger charge is -2.23. The minimum atomic E-state index is -0.0466. The average molecular weight is 331 g/mol. The van der Waals surface area contributed by atoms with Crippen LogP contribution in [0.3, 0.4) is 0 Å². The second-order valence-electron chi connectivity index (χ2n) is 6.44. The number of hydrazone groups is 1. The lowest BCUT2D eigenvalue weighted by molar-refractivity contribution is -0.122. The van der Waals surface area contributed by atoms with Crippen LogP contribution in [0.1, 0.15) is 48.8 Å². The lowest BCUT2D eigenvalue weighted by Crippen LogP contribution is -2.37. The Morgan fingerprint density at radius 1 is 1.17 bits per heavy atom. The quantitative estimate of drug-likeness (QED) is 0.666. The number of nitrogens with one attached hydrogen (secondary N) is 1. The van der Waals surface area contributed by atoms with Gasteiger partial charge in [0, 0.05) is 0 Å². The highest BCUT2D eigenvalue weighted by molar-refractivity contribution is 5.85. The van der Waals surface area contributed by atoms with Crippen molar-refractivity contribution < 1.29 is 9.53 Å². The number of methoxy groups -OCH3 is 1. The normalized spacial score (nSPS) is 16.6. The number of ether oxygens (including phenoxy) is 1. The Hall–Kier alpha value is -1.88. The first kappa shape index (κ1) is 18.5. The summed E-state index contributed by atoms with van der Waals surface area (Å²) in [4.78, 5) is 14.3. The molecule has 1 heterocycles. The third-order valence-corrected chi connectivity index (χ3v) is 4.71. The van der Waals surface area contributed by atoms with E-state index in [1.54, 1.807) is 13.3 Å². The molecule has 1 aromatic carbocycles. The van der Waals surface area contributed by atoms with Crippen molar-refractivity contribution >= 4 is 12.1 Å². The van der Waals surface area contributed by atoms with Gasteiger partial charge in [-0.05, 0) is 68.6 Å². The lowest BCUT2D eigenvalue weighted by atomic mass is 10.0. The third-order valence-electron chi connectivity index (χ3n) is 4.71. The van der Waals surface area contributed by atoms with E-state index in [1.807, 2.05) is 26.0 Å². The van der Waals surface area contributed by atoms with Crippen LogP contribution in [-0.4, -0.2) is 43.8 Å². The first-order chi connectivity index (χ1) is 11.6. The smallest absolute Gasteiger partial charge is 0.254 e. The molecule has 0 atom stereocenters. The van der Waals surface area contributed by atoms with Gasteiger partial charge in [-0.15, -0.1) is 0 Å². The van der Waals surface area contributed by atoms with Crippen molar-refractivity contribution in [3.05, 3.63) is 28.8 Å². The predicted octanol–water partition coefficient (Wildman–Crippen LogP) is 3.03. The van der Waals surface area contributed by atoms with E-state index in [0.29, 0.717) is 6.54 Å². The van der Waals surface area contributed by atoms with Gasteiger partial charge in [-0.2, -0.15) is 5.10 Å². The van der Waals surface area contributed by atoms with E-state index >= 15 is 0 Å². The molecule has 2 rings (SSSR count). The van der Waals surface area contributed by atoms with Crippen molar-refractivity contribution in [3.63, 3.8) is 0 Å². The van der Waals surface area contributed by atoms with Crippen molar-refractivity contribution in [3.8, 4) is 5.75 Å². The number of amides is 1. The van der Waals surface area contributed by atoms with Gasteiger partial charge in [-0.1, -0.05) is 19.3 Å². The number of benzene rings is 1. The maximum absolute atomic E-state index is 12.1. The van der Waals surface area contributed by atoms with Crippen LogP contribution in [-0.2, 0) is 4.79 Å². The summed E-state index contributed by atoms with van der Waals surface area (Å²) in [6, 6.07) is 3.88. The Kier molecular flexibility index (Phi) is 7.25. The fourth-order valence-corrected chi connectivity index (χ4v) is 3.06. The Labute approximate surface area is 145 Å². The summed E-state index contributed by atoms with van der Waals surface area (Å²) in [6.45, 7) is 6.49. The van der Waals surface area contributed by atoms with Crippen molar-refractivity contribution in [2.45, 2.75) is 46.0 Å². The number of likely N-dealkylation sites (tertiary alicyclic amines) is 1. The molecule has 1 aliphatic rings. The fraction of sp³-hybridized carbons (Fsp3) is 0.579. The average Bonchev–Trinajstić information content (AvgIpc) is 2.54. The van der Waals surface area contributed by atoms with E-state index in [0.717, 1.165) is 35.5 Å². The summed E-state index contributed by atoms with van der Waals surface area (Å²) < 4.78 is 5.31. The maximum Gasteiger partial charge on any atom is 0.254 e. The molecule has 0 radical (unpaired) electrons. The highest BCUT2D eigenvalue weighted by Crippen LogP contribution is 2.22. The molecule has 0 spiro atoms. The number of hydrogen-bond acceptors (Lipinski definition) is 4. The molecule has 1 fully saturated rings. The number of hydrogen-bond donors (Lipinski definition) is 1. The Balaban J connectivity index is 1.86. The SMILES string of the molecule is COc1ccc(/C=N\NC(=O)CN2CCCCCCC2)c(C)c1C. The molecule has 0 unspecified atom stereocenters. The zero-order valence-corrected chi connectivity index (χ0v) is 15.1. The minimum Gasteiger partial charge on any atom is -0.496 e. The first-order valence-corrected chi connectivity index (χ1v) is 8.80. The van der Waals surface area contributed by atoms with Crippen LogP contribution >= 0.6 is 0 Å². The van der Waals surface area contributed by atoms with Crippen molar-refractivity contribution in [2.24, 2.45) is 5.10 Å². The summed E-state index contributed by atoms with van der Waals surface area (Å²) in [5.74, 6) is 0.820. The topological polar surface area (TPSA) is 53.9 Å². The van der Waals surface area contributed by atoms with Gasteiger partial charge in [-0.25, -0.2) is 5.43 Å². The summed E-state index contributed by atoms with van der Waals surface area (Å²) in [6.07, 6.45) is 7.93. The predicted molar refractivity (Wildman–Crippen MR) is 97.7 cm³/mol. The van der Waals surface area contributed by atoms with Gasteiger partial charge in [0.05, 0.1) is 19.9 Å². The monoisotopic (exact) mass is 331 g/mol. The van der Waals surface area contributed by atoms with E-state index in [1.165, 1.54) is 32.1 Å². The minimum absolute atomic E-state index is 0.0466. The van der Waals surface area contributed by atoms with Crippen LogP contribution in [0.5, 0.6) is 5.75 Å². The van der Waals surface area contributed by atoms with Gasteiger partial charge < -0.3 is 4.74 Å². The van der Waals surface area contributed by atoms with Crippen LogP contribution in [0, 0.1) is 13.8 Å². The molecule has 24 heavy (non-hydrogen) atoms. The van der Waals surface area contributed by atoms with Crippen LogP contribution in [0.15, 0.2) is 17.2 Å². The molecule has 0 aliphatic carbocycles. The maximum atomic E-state index is 12.1. The number of rotatable bonds is 5. The molecular weight excluding hydrogens is 302 g/mol. The van der Waals surface area contributed by atoms with Crippen LogP contribution < -0.4 is 10.2 Å². The Bertz CT molecular complexity index is 576. The molecule has 5 nitrogen and oxygen atoms in total. The zero-order valence-electron chi connectivity index (χ0n) is 15.1. The molecular formula is C19H29N3O2. The summed E-state index contributed by atoms with van der Waals surface area (Å²) in [5.41, 5.74) is 5.83. The molecule has 0 saturated carbocycles. The highest BCUT2D eigenvalue weighted by atomic mass is 16.5. The third kappa shape index (κ3) is 5.34. The largest absolute Gasteiger partial charge is 0.496 e. The summed E-state index contributed by atoms with van der Waals surface area (Å²) >= 11 is 0. The zero-order chi connectivity index (χ0) is 17.4. The van der Waals surface area contributed by atoms with Crippen molar-refractivity contribution in [1.29, 1.82) is 0 Å². The summed E-state index contributed by atoms with van der Waals surface area (Å²) in [5, 5.41) is 4.11. The molecule has 1 amide bonds. The van der Waals surface area contributed by atoms with Crippen molar-refractivity contribution in [2.75, 3.05) is 26.7 Å². The molecule has 1 aromatic rings. The van der Waals surface area contributed by atoms with Gasteiger partial charge in [0.25, 0.3) is 5.91 Å².